The summed E-state index contributed by atoms with van der Waals surface area (Å²) in [5.74, 6) is -0.0514. The van der Waals surface area contributed by atoms with Crippen molar-refractivity contribution >= 4 is 43.8 Å². The van der Waals surface area contributed by atoms with Crippen molar-refractivity contribution < 1.29 is 17.9 Å². The monoisotopic (exact) mass is 574 g/mol. The lowest BCUT2D eigenvalue weighted by atomic mass is 10.1. The zero-order valence-electron chi connectivity index (χ0n) is 23.0. The Morgan fingerprint density at radius 1 is 0.951 bits per heavy atom. The Kier molecular flexibility index (Phi) is 7.65. The van der Waals surface area contributed by atoms with Crippen molar-refractivity contribution in [2.45, 2.75) is 28.7 Å². The van der Waals surface area contributed by atoms with Crippen LogP contribution in [0.4, 0.5) is 17.2 Å². The molecule has 6 rings (SSSR count). The number of amides is 1. The summed E-state index contributed by atoms with van der Waals surface area (Å²) in [5.41, 5.74) is 2.96. The molecule has 0 bridgehead atoms. The Bertz CT molecular complexity index is 1640. The second kappa shape index (κ2) is 11.5. The molecule has 2 fully saturated rings. The Hall–Kier alpha value is -3.93. The summed E-state index contributed by atoms with van der Waals surface area (Å²) in [6.45, 7) is 5.19. The maximum absolute atomic E-state index is 13.7. The predicted octanol–water partition coefficient (Wildman–Crippen LogP) is 3.99. The summed E-state index contributed by atoms with van der Waals surface area (Å²) in [5, 5.41) is 14.2. The predicted molar refractivity (Wildman–Crippen MR) is 160 cm³/mol. The molecule has 2 saturated heterocycles. The lowest BCUT2D eigenvalue weighted by Gasteiger charge is -2.34. The van der Waals surface area contributed by atoms with Crippen LogP contribution in [0.1, 0.15) is 23.2 Å². The minimum Gasteiger partial charge on any atom is -0.381 e. The van der Waals surface area contributed by atoms with Crippen LogP contribution in [0.2, 0.25) is 0 Å². The third-order valence-electron chi connectivity index (χ3n) is 7.83. The topological polar surface area (TPSA) is 120 Å². The van der Waals surface area contributed by atoms with Gasteiger partial charge in [0.2, 0.25) is 9.84 Å². The van der Waals surface area contributed by atoms with E-state index < -0.39 is 9.84 Å². The number of ether oxygens (including phenoxy) is 1. The van der Waals surface area contributed by atoms with Gasteiger partial charge in [0.15, 0.2) is 5.82 Å². The highest BCUT2D eigenvalue weighted by molar-refractivity contribution is 7.91. The number of anilines is 3. The van der Waals surface area contributed by atoms with Crippen LogP contribution in [0.3, 0.4) is 0 Å². The summed E-state index contributed by atoms with van der Waals surface area (Å²) in [7, 11) is -1.60. The van der Waals surface area contributed by atoms with Crippen LogP contribution < -0.4 is 15.5 Å². The molecule has 0 atom stereocenters. The van der Waals surface area contributed by atoms with Gasteiger partial charge < -0.3 is 25.2 Å². The van der Waals surface area contributed by atoms with E-state index in [1.165, 1.54) is 0 Å². The number of piperazine rings is 1. The van der Waals surface area contributed by atoms with Gasteiger partial charge in [-0.15, -0.1) is 0 Å². The number of likely N-dealkylation sites (N-methyl/N-ethyl adjacent to an activating group) is 1. The first-order valence-electron chi connectivity index (χ1n) is 13.9. The molecule has 2 aliphatic heterocycles. The van der Waals surface area contributed by atoms with Gasteiger partial charge in [-0.05, 0) is 68.4 Å². The fourth-order valence-corrected chi connectivity index (χ4v) is 6.65. The number of carbonyl (C=O) groups is 1. The second-order valence-corrected chi connectivity index (χ2v) is 12.6. The van der Waals surface area contributed by atoms with Gasteiger partial charge in [0.25, 0.3) is 5.91 Å². The first kappa shape index (κ1) is 27.3. The van der Waals surface area contributed by atoms with Crippen molar-refractivity contribution in [3.63, 3.8) is 0 Å². The third-order valence-corrected chi connectivity index (χ3v) is 9.59. The molecule has 10 nitrogen and oxygen atoms in total. The smallest absolute Gasteiger partial charge is 0.258 e. The SMILES string of the molecule is CN1CCN(c2ccc(C(=O)Nc3n[nH]c4ccc(S(=O)(=O)c5ccccc5)cc34)c(NC3CCOCC3)c2)CC1. The van der Waals surface area contributed by atoms with Crippen molar-refractivity contribution in [2.75, 3.05) is 62.0 Å². The Morgan fingerprint density at radius 2 is 1.71 bits per heavy atom. The number of nitrogens with zero attached hydrogens (tertiary/aromatic N) is 3. The highest BCUT2D eigenvalue weighted by atomic mass is 32.2. The van der Waals surface area contributed by atoms with Crippen molar-refractivity contribution in [1.29, 1.82) is 0 Å². The van der Waals surface area contributed by atoms with Crippen molar-refractivity contribution in [3.05, 3.63) is 72.3 Å². The number of hydrogen-bond donors (Lipinski definition) is 3. The maximum Gasteiger partial charge on any atom is 0.258 e. The van der Waals surface area contributed by atoms with E-state index in [-0.39, 0.29) is 27.6 Å². The van der Waals surface area contributed by atoms with E-state index in [0.717, 1.165) is 50.4 Å². The van der Waals surface area contributed by atoms with Crippen LogP contribution >= 0.6 is 0 Å². The number of sulfone groups is 1. The van der Waals surface area contributed by atoms with Crippen LogP contribution in [0, 0.1) is 0 Å². The second-order valence-electron chi connectivity index (χ2n) is 10.6. The highest BCUT2D eigenvalue weighted by Gasteiger charge is 2.23. The third kappa shape index (κ3) is 5.79. The number of aromatic amines is 1. The highest BCUT2D eigenvalue weighted by Crippen LogP contribution is 2.30. The Labute approximate surface area is 239 Å². The van der Waals surface area contributed by atoms with E-state index in [1.54, 1.807) is 48.5 Å². The van der Waals surface area contributed by atoms with Gasteiger partial charge in [-0.3, -0.25) is 9.89 Å². The number of aromatic nitrogens is 2. The van der Waals surface area contributed by atoms with E-state index >= 15 is 0 Å². The number of nitrogens with one attached hydrogen (secondary N) is 3. The molecular weight excluding hydrogens is 540 g/mol. The van der Waals surface area contributed by atoms with Crippen LogP contribution in [-0.2, 0) is 14.6 Å². The average molecular weight is 575 g/mol. The van der Waals surface area contributed by atoms with E-state index in [1.807, 2.05) is 12.1 Å². The number of benzene rings is 3. The summed E-state index contributed by atoms with van der Waals surface area (Å²) < 4.78 is 32.0. The molecule has 0 saturated carbocycles. The molecule has 0 unspecified atom stereocenters. The molecule has 41 heavy (non-hydrogen) atoms. The van der Waals surface area contributed by atoms with Gasteiger partial charge >= 0.3 is 0 Å². The molecule has 0 radical (unpaired) electrons. The molecule has 3 N–H and O–H groups in total. The molecule has 0 aliphatic carbocycles. The summed E-state index contributed by atoms with van der Waals surface area (Å²) in [6, 6.07) is 19.1. The standard InChI is InChI=1S/C30H34N6O4S/c1-35-13-15-36(16-14-35)22-7-9-25(28(19-22)31-21-11-17-40-18-12-21)30(37)32-29-26-20-24(8-10-27(26)33-34-29)41(38,39)23-5-3-2-4-6-23/h2-10,19-21,31H,11-18H2,1H3,(H2,32,33,34,37). The number of rotatable bonds is 7. The van der Waals surface area contributed by atoms with Gasteiger partial charge in [-0.2, -0.15) is 5.10 Å². The number of H-pyrrole nitrogens is 1. The van der Waals surface area contributed by atoms with E-state index in [9.17, 15) is 13.2 Å². The lowest BCUT2D eigenvalue weighted by Crippen LogP contribution is -2.44. The van der Waals surface area contributed by atoms with E-state index in [0.29, 0.717) is 29.7 Å². The van der Waals surface area contributed by atoms with Crippen molar-refractivity contribution in [1.82, 2.24) is 15.1 Å². The molecule has 3 heterocycles. The van der Waals surface area contributed by atoms with Gasteiger partial charge in [0.05, 0.1) is 20.9 Å². The van der Waals surface area contributed by atoms with Crippen LogP contribution in [0.15, 0.2) is 76.5 Å². The number of fused-ring (bicyclic) bond motifs is 1. The molecule has 3 aromatic carbocycles. The summed E-state index contributed by atoms with van der Waals surface area (Å²) >= 11 is 0. The number of carbonyl (C=O) groups excluding carboxylic acids is 1. The zero-order chi connectivity index (χ0) is 28.4. The summed E-state index contributed by atoms with van der Waals surface area (Å²) in [4.78, 5) is 18.7. The largest absolute Gasteiger partial charge is 0.381 e. The average Bonchev–Trinajstić information content (AvgIpc) is 3.40. The maximum atomic E-state index is 13.7. The quantitative estimate of drug-likeness (QED) is 0.303. The van der Waals surface area contributed by atoms with Crippen LogP contribution in [0.25, 0.3) is 10.9 Å². The first-order valence-corrected chi connectivity index (χ1v) is 15.4. The van der Waals surface area contributed by atoms with Gasteiger partial charge in [0, 0.05) is 62.2 Å². The molecule has 1 amide bonds. The zero-order valence-corrected chi connectivity index (χ0v) is 23.8. The van der Waals surface area contributed by atoms with Gasteiger partial charge in [-0.25, -0.2) is 8.42 Å². The molecule has 4 aromatic rings. The van der Waals surface area contributed by atoms with Crippen LogP contribution in [0.5, 0.6) is 0 Å². The number of hydrogen-bond acceptors (Lipinski definition) is 8. The summed E-state index contributed by atoms with van der Waals surface area (Å²) in [6.07, 6.45) is 1.73. The van der Waals surface area contributed by atoms with Gasteiger partial charge in [-0.1, -0.05) is 18.2 Å². The first-order chi connectivity index (χ1) is 19.9. The minimum atomic E-state index is -3.73. The van der Waals surface area contributed by atoms with E-state index in [4.69, 9.17) is 4.74 Å². The fourth-order valence-electron chi connectivity index (χ4n) is 5.34. The molecule has 2 aliphatic rings. The molecule has 214 valence electrons. The van der Waals surface area contributed by atoms with Crippen molar-refractivity contribution in [3.8, 4) is 0 Å². The molecule has 0 spiro atoms. The van der Waals surface area contributed by atoms with Gasteiger partial charge in [0.1, 0.15) is 0 Å². The Balaban J connectivity index is 1.29. The molecular formula is C30H34N6O4S. The van der Waals surface area contributed by atoms with Crippen molar-refractivity contribution in [2.24, 2.45) is 0 Å². The molecule has 11 heteroatoms. The van der Waals surface area contributed by atoms with Crippen LogP contribution in [-0.4, -0.2) is 81.9 Å². The lowest BCUT2D eigenvalue weighted by molar-refractivity contribution is 0.0904. The Morgan fingerprint density at radius 3 is 2.46 bits per heavy atom. The van der Waals surface area contributed by atoms with E-state index in [2.05, 4.69) is 43.7 Å². The minimum absolute atomic E-state index is 0.131. The molecule has 1 aromatic heterocycles. The normalized spacial score (nSPS) is 17.0. The fraction of sp³-hybridized carbons (Fsp3) is 0.333.